The Morgan fingerprint density at radius 1 is 0.933 bits per heavy atom. The van der Waals surface area contributed by atoms with Crippen molar-refractivity contribution in [3.8, 4) is 0 Å². The number of hydrogen-bond donors (Lipinski definition) is 1. The van der Waals surface area contributed by atoms with Gasteiger partial charge in [-0.15, -0.1) is 0 Å². The molecule has 5 aliphatic rings. The van der Waals surface area contributed by atoms with E-state index < -0.39 is 0 Å². The molecule has 2 saturated carbocycles. The molecule has 2 aromatic carbocycles. The summed E-state index contributed by atoms with van der Waals surface area (Å²) in [6.07, 6.45) is 5.48. The predicted octanol–water partition coefficient (Wildman–Crippen LogP) is 3.80. The summed E-state index contributed by atoms with van der Waals surface area (Å²) in [5, 5.41) is 2.87. The molecule has 150 valence electrons. The van der Waals surface area contributed by atoms with Crippen molar-refractivity contribution in [3.05, 3.63) is 71.8 Å². The van der Waals surface area contributed by atoms with Gasteiger partial charge in [0, 0.05) is 11.3 Å². The Kier molecular flexibility index (Phi) is 3.61. The summed E-state index contributed by atoms with van der Waals surface area (Å²) in [6.45, 7) is 1.99. The molecule has 5 heteroatoms. The van der Waals surface area contributed by atoms with Crippen LogP contribution in [-0.4, -0.2) is 17.7 Å². The molecule has 0 unspecified atom stereocenters. The van der Waals surface area contributed by atoms with Crippen LogP contribution in [0, 0.1) is 42.4 Å². The van der Waals surface area contributed by atoms with Gasteiger partial charge in [0.2, 0.25) is 11.8 Å². The zero-order chi connectivity index (χ0) is 20.6. The number of rotatable bonds is 3. The fraction of sp³-hybridized carbons (Fsp3) is 0.320. The lowest BCUT2D eigenvalue weighted by Crippen LogP contribution is -2.40. The molecule has 2 bridgehead atoms. The Hall–Kier alpha value is -3.21. The van der Waals surface area contributed by atoms with Gasteiger partial charge in [-0.05, 0) is 67.3 Å². The van der Waals surface area contributed by atoms with Crippen LogP contribution < -0.4 is 10.2 Å². The Bertz CT molecular complexity index is 1080. The predicted molar refractivity (Wildman–Crippen MR) is 113 cm³/mol. The van der Waals surface area contributed by atoms with E-state index in [1.165, 1.54) is 4.90 Å². The normalized spacial score (nSPS) is 32.8. The minimum absolute atomic E-state index is 0.106. The SMILES string of the molecule is Cc1ccc(NC(=O)c2cccc(N3C(=O)[C@@H]4[C@H]5C=C[C@@H]([C@@H]6C[C@H]56)[C@@H]4C3=O)c2)cc1. The molecule has 1 aliphatic heterocycles. The topological polar surface area (TPSA) is 66.5 Å². The van der Waals surface area contributed by atoms with Gasteiger partial charge in [-0.1, -0.05) is 35.9 Å². The Morgan fingerprint density at radius 3 is 2.20 bits per heavy atom. The lowest BCUT2D eigenvalue weighted by Gasteiger charge is -2.37. The third-order valence-electron chi connectivity index (χ3n) is 7.34. The number of nitrogens with zero attached hydrogens (tertiary/aromatic N) is 1. The number of nitrogens with one attached hydrogen (secondary N) is 1. The number of anilines is 2. The number of carbonyl (C=O) groups excluding carboxylic acids is 3. The largest absolute Gasteiger partial charge is 0.322 e. The van der Waals surface area contributed by atoms with Crippen molar-refractivity contribution in [2.45, 2.75) is 13.3 Å². The quantitative estimate of drug-likeness (QED) is 0.632. The third-order valence-corrected chi connectivity index (χ3v) is 7.34. The van der Waals surface area contributed by atoms with E-state index in [9.17, 15) is 14.4 Å². The average Bonchev–Trinajstić information content (AvgIpc) is 3.53. The van der Waals surface area contributed by atoms with E-state index in [1.807, 2.05) is 31.2 Å². The van der Waals surface area contributed by atoms with E-state index in [2.05, 4.69) is 17.5 Å². The molecule has 1 N–H and O–H groups in total. The van der Waals surface area contributed by atoms with E-state index in [0.29, 0.717) is 28.8 Å². The maximum atomic E-state index is 13.3. The highest BCUT2D eigenvalue weighted by Gasteiger charge is 2.67. The van der Waals surface area contributed by atoms with Gasteiger partial charge in [0.1, 0.15) is 0 Å². The van der Waals surface area contributed by atoms with Gasteiger partial charge in [0.25, 0.3) is 5.91 Å². The second-order valence-electron chi connectivity index (χ2n) is 9.04. The van der Waals surface area contributed by atoms with Crippen molar-refractivity contribution < 1.29 is 14.4 Å². The smallest absolute Gasteiger partial charge is 0.255 e. The van der Waals surface area contributed by atoms with Crippen LogP contribution in [0.25, 0.3) is 0 Å². The summed E-state index contributed by atoms with van der Waals surface area (Å²) in [4.78, 5) is 40.6. The maximum absolute atomic E-state index is 13.3. The van der Waals surface area contributed by atoms with Gasteiger partial charge in [-0.25, -0.2) is 4.90 Å². The van der Waals surface area contributed by atoms with Gasteiger partial charge in [0.05, 0.1) is 17.5 Å². The van der Waals surface area contributed by atoms with E-state index in [0.717, 1.165) is 12.0 Å². The zero-order valence-corrected chi connectivity index (χ0v) is 16.6. The number of benzene rings is 2. The molecule has 3 amide bonds. The van der Waals surface area contributed by atoms with Crippen LogP contribution >= 0.6 is 0 Å². The molecule has 4 aliphatic carbocycles. The van der Waals surface area contributed by atoms with Crippen LogP contribution in [0.4, 0.5) is 11.4 Å². The molecular weight excluding hydrogens is 376 g/mol. The van der Waals surface area contributed by atoms with Crippen LogP contribution in [0.1, 0.15) is 22.3 Å². The first-order chi connectivity index (χ1) is 14.5. The minimum atomic E-state index is -0.264. The molecular formula is C25H22N2O3. The van der Waals surface area contributed by atoms with E-state index in [4.69, 9.17) is 0 Å². The van der Waals surface area contributed by atoms with Crippen molar-refractivity contribution >= 4 is 29.1 Å². The average molecular weight is 398 g/mol. The number of allylic oxidation sites excluding steroid dienone is 2. The molecule has 1 saturated heterocycles. The third kappa shape index (κ3) is 2.44. The number of aryl methyl sites for hydroxylation is 1. The van der Waals surface area contributed by atoms with Crippen molar-refractivity contribution in [2.75, 3.05) is 10.2 Å². The highest BCUT2D eigenvalue weighted by molar-refractivity contribution is 6.23. The van der Waals surface area contributed by atoms with Crippen LogP contribution in [0.15, 0.2) is 60.7 Å². The van der Waals surface area contributed by atoms with Gasteiger partial charge in [-0.3, -0.25) is 14.4 Å². The molecule has 30 heavy (non-hydrogen) atoms. The molecule has 2 aromatic rings. The van der Waals surface area contributed by atoms with Crippen molar-refractivity contribution in [1.29, 1.82) is 0 Å². The summed E-state index contributed by atoms with van der Waals surface area (Å²) >= 11 is 0. The Balaban J connectivity index is 1.28. The molecule has 6 atom stereocenters. The van der Waals surface area contributed by atoms with Gasteiger partial charge >= 0.3 is 0 Å². The van der Waals surface area contributed by atoms with Crippen LogP contribution in [0.5, 0.6) is 0 Å². The Morgan fingerprint density at radius 2 is 1.57 bits per heavy atom. The van der Waals surface area contributed by atoms with Gasteiger partial charge in [0.15, 0.2) is 0 Å². The van der Waals surface area contributed by atoms with Crippen LogP contribution in [0.3, 0.4) is 0 Å². The van der Waals surface area contributed by atoms with E-state index in [1.54, 1.807) is 24.3 Å². The number of hydrogen-bond acceptors (Lipinski definition) is 3. The van der Waals surface area contributed by atoms with Crippen LogP contribution in [0.2, 0.25) is 0 Å². The summed E-state index contributed by atoms with van der Waals surface area (Å²) < 4.78 is 0. The van der Waals surface area contributed by atoms with Crippen molar-refractivity contribution in [1.82, 2.24) is 0 Å². The van der Waals surface area contributed by atoms with Gasteiger partial charge < -0.3 is 5.32 Å². The monoisotopic (exact) mass is 398 g/mol. The summed E-state index contributed by atoms with van der Waals surface area (Å²) in [5.41, 5.74) is 2.73. The molecule has 0 aromatic heterocycles. The molecule has 7 rings (SSSR count). The fourth-order valence-corrected chi connectivity index (χ4v) is 5.84. The standard InChI is InChI=1S/C25H22N2O3/c1-13-5-7-15(8-6-13)26-23(28)14-3-2-4-16(11-14)27-24(29)21-17-9-10-18(20-12-19(17)20)22(21)25(27)30/h2-11,17-22H,12H2,1H3,(H,26,28)/t17-,18-,19-,20+,21-,22+/m0/s1. The van der Waals surface area contributed by atoms with E-state index in [-0.39, 0.29) is 41.4 Å². The first-order valence-electron chi connectivity index (χ1n) is 10.6. The summed E-state index contributed by atoms with van der Waals surface area (Å²) in [6, 6.07) is 14.4. The fourth-order valence-electron chi connectivity index (χ4n) is 5.84. The Labute approximate surface area is 174 Å². The van der Waals surface area contributed by atoms with Crippen molar-refractivity contribution in [3.63, 3.8) is 0 Å². The molecule has 0 spiro atoms. The zero-order valence-electron chi connectivity index (χ0n) is 16.6. The number of imide groups is 1. The molecule has 1 heterocycles. The summed E-state index contributed by atoms with van der Waals surface area (Å²) in [7, 11) is 0. The number of carbonyl (C=O) groups is 3. The second kappa shape index (κ2) is 6.14. The molecule has 0 radical (unpaired) electrons. The lowest BCUT2D eigenvalue weighted by atomic mass is 9.63. The first-order valence-corrected chi connectivity index (χ1v) is 10.6. The first kappa shape index (κ1) is 17.6. The van der Waals surface area contributed by atoms with E-state index >= 15 is 0 Å². The highest BCUT2D eigenvalue weighted by Crippen LogP contribution is 2.65. The van der Waals surface area contributed by atoms with Crippen LogP contribution in [-0.2, 0) is 9.59 Å². The maximum Gasteiger partial charge on any atom is 0.255 e. The number of amides is 3. The molecule has 5 nitrogen and oxygen atoms in total. The second-order valence-corrected chi connectivity index (χ2v) is 9.04. The van der Waals surface area contributed by atoms with Gasteiger partial charge in [-0.2, -0.15) is 0 Å². The molecule has 3 fully saturated rings. The summed E-state index contributed by atoms with van der Waals surface area (Å²) in [5.74, 6) is 0.590. The minimum Gasteiger partial charge on any atom is -0.322 e. The van der Waals surface area contributed by atoms with Crippen molar-refractivity contribution in [2.24, 2.45) is 35.5 Å². The lowest BCUT2D eigenvalue weighted by molar-refractivity contribution is -0.124. The highest BCUT2D eigenvalue weighted by atomic mass is 16.2.